The van der Waals surface area contributed by atoms with Crippen molar-refractivity contribution in [3.05, 3.63) is 46.0 Å². The summed E-state index contributed by atoms with van der Waals surface area (Å²) in [6.07, 6.45) is 1.06. The van der Waals surface area contributed by atoms with E-state index in [0.717, 1.165) is 15.6 Å². The van der Waals surface area contributed by atoms with E-state index in [9.17, 15) is 4.39 Å². The molecule has 0 unspecified atom stereocenters. The van der Waals surface area contributed by atoms with Crippen molar-refractivity contribution in [3.63, 3.8) is 0 Å². The fourth-order valence-electron chi connectivity index (χ4n) is 1.03. The molecule has 16 heavy (non-hydrogen) atoms. The van der Waals surface area contributed by atoms with E-state index in [0.29, 0.717) is 0 Å². The van der Waals surface area contributed by atoms with Gasteiger partial charge in [-0.25, -0.2) is 14.4 Å². The lowest BCUT2D eigenvalue weighted by atomic mass is 10.4. The first kappa shape index (κ1) is 11.8. The number of benzene rings is 1. The lowest BCUT2D eigenvalue weighted by Gasteiger charge is -2.03. The van der Waals surface area contributed by atoms with Gasteiger partial charge in [-0.15, -0.1) is 0 Å². The van der Waals surface area contributed by atoms with Crippen LogP contribution in [0.5, 0.6) is 0 Å². The Morgan fingerprint density at radius 2 is 2.06 bits per heavy atom. The molecule has 0 bridgehead atoms. The number of rotatable bonds is 2. The maximum atomic E-state index is 13.4. The van der Waals surface area contributed by atoms with Crippen molar-refractivity contribution < 1.29 is 4.39 Å². The predicted octanol–water partition coefficient (Wildman–Crippen LogP) is 4.18. The van der Waals surface area contributed by atoms with Crippen LogP contribution < -0.4 is 0 Å². The molecule has 0 saturated carbocycles. The van der Waals surface area contributed by atoms with E-state index >= 15 is 0 Å². The molecule has 2 rings (SSSR count). The molecule has 0 radical (unpaired) electrons. The summed E-state index contributed by atoms with van der Waals surface area (Å²) in [5.41, 5.74) is 0. The molecule has 1 heterocycles. The number of nitrogens with zero attached hydrogens (tertiary/aromatic N) is 2. The third-order valence-corrected chi connectivity index (χ3v) is 3.92. The average molecular weight is 320 g/mol. The first-order valence-electron chi connectivity index (χ1n) is 4.27. The van der Waals surface area contributed by atoms with Gasteiger partial charge < -0.3 is 0 Å². The second kappa shape index (κ2) is 5.12. The summed E-state index contributed by atoms with van der Waals surface area (Å²) in [5, 5.41) is 0.253. The Morgan fingerprint density at radius 1 is 1.31 bits per heavy atom. The summed E-state index contributed by atoms with van der Waals surface area (Å²) in [6.45, 7) is 0. The molecule has 0 saturated heterocycles. The lowest BCUT2D eigenvalue weighted by Crippen LogP contribution is -1.90. The molecule has 82 valence electrons. The van der Waals surface area contributed by atoms with Gasteiger partial charge in [0.25, 0.3) is 0 Å². The van der Waals surface area contributed by atoms with Crippen LogP contribution in [0, 0.1) is 5.82 Å². The molecule has 1 aromatic heterocycles. The highest BCUT2D eigenvalue weighted by Gasteiger charge is 2.09. The largest absolute Gasteiger partial charge is 0.223 e. The van der Waals surface area contributed by atoms with Crippen molar-refractivity contribution in [2.75, 3.05) is 0 Å². The minimum absolute atomic E-state index is 0.0379. The third kappa shape index (κ3) is 2.72. The molecule has 0 aliphatic rings. The normalized spacial score (nSPS) is 10.4. The van der Waals surface area contributed by atoms with Crippen LogP contribution >= 0.6 is 39.3 Å². The molecule has 0 atom stereocenters. The highest BCUT2D eigenvalue weighted by molar-refractivity contribution is 9.10. The van der Waals surface area contributed by atoms with Gasteiger partial charge in [0.05, 0.1) is 6.20 Å². The van der Waals surface area contributed by atoms with Gasteiger partial charge in [0.2, 0.25) is 5.28 Å². The quantitative estimate of drug-likeness (QED) is 0.613. The highest BCUT2D eigenvalue weighted by atomic mass is 79.9. The van der Waals surface area contributed by atoms with Gasteiger partial charge in [-0.3, -0.25) is 0 Å². The van der Waals surface area contributed by atoms with Gasteiger partial charge in [0, 0.05) is 9.37 Å². The summed E-state index contributed by atoms with van der Waals surface area (Å²) < 4.78 is 14.3. The van der Waals surface area contributed by atoms with Gasteiger partial charge in [0.15, 0.2) is 5.82 Å². The standard InChI is InChI=1S/C10H5BrClFN2S/c11-6-3-1-2-4-8(6)16-9-7(13)5-14-10(12)15-9/h1-5H. The second-order valence-corrected chi connectivity index (χ2v) is 5.05. The van der Waals surface area contributed by atoms with Gasteiger partial charge >= 0.3 is 0 Å². The van der Waals surface area contributed by atoms with Crippen LogP contribution in [-0.2, 0) is 0 Å². The fraction of sp³-hybridized carbons (Fsp3) is 0. The molecule has 6 heteroatoms. The van der Waals surface area contributed by atoms with Crippen LogP contribution in [0.3, 0.4) is 0 Å². The highest BCUT2D eigenvalue weighted by Crippen LogP contribution is 2.33. The van der Waals surface area contributed by atoms with E-state index in [1.807, 2.05) is 24.3 Å². The van der Waals surface area contributed by atoms with Crippen molar-refractivity contribution in [2.24, 2.45) is 0 Å². The molecule has 0 fully saturated rings. The summed E-state index contributed by atoms with van der Waals surface area (Å²) in [6, 6.07) is 7.50. The summed E-state index contributed by atoms with van der Waals surface area (Å²) in [5.74, 6) is -0.481. The lowest BCUT2D eigenvalue weighted by molar-refractivity contribution is 0.579. The van der Waals surface area contributed by atoms with Crippen LogP contribution in [0.25, 0.3) is 0 Å². The van der Waals surface area contributed by atoms with E-state index < -0.39 is 5.82 Å². The van der Waals surface area contributed by atoms with Crippen LogP contribution in [0.1, 0.15) is 0 Å². The second-order valence-electron chi connectivity index (χ2n) is 2.82. The Hall–Kier alpha value is -0.650. The number of aromatic nitrogens is 2. The maximum Gasteiger partial charge on any atom is 0.223 e. The van der Waals surface area contributed by atoms with E-state index in [1.54, 1.807) is 0 Å². The topological polar surface area (TPSA) is 25.8 Å². The van der Waals surface area contributed by atoms with Crippen LogP contribution in [-0.4, -0.2) is 9.97 Å². The van der Waals surface area contributed by atoms with Crippen molar-refractivity contribution in [1.82, 2.24) is 9.97 Å². The van der Waals surface area contributed by atoms with Crippen molar-refractivity contribution in [3.8, 4) is 0 Å². The first-order chi connectivity index (χ1) is 7.66. The molecule has 0 aliphatic carbocycles. The Kier molecular flexibility index (Phi) is 3.78. The summed E-state index contributed by atoms with van der Waals surface area (Å²) >= 11 is 10.2. The molecule has 0 spiro atoms. The van der Waals surface area contributed by atoms with Gasteiger partial charge in [0.1, 0.15) is 5.03 Å². The minimum atomic E-state index is -0.481. The Morgan fingerprint density at radius 3 is 2.81 bits per heavy atom. The van der Waals surface area contributed by atoms with E-state index in [1.165, 1.54) is 11.8 Å². The molecule has 1 aromatic carbocycles. The fourth-order valence-corrected chi connectivity index (χ4v) is 2.55. The van der Waals surface area contributed by atoms with E-state index in [4.69, 9.17) is 11.6 Å². The smallest absolute Gasteiger partial charge is 0.223 e. The van der Waals surface area contributed by atoms with E-state index in [-0.39, 0.29) is 10.3 Å². The molecule has 0 aliphatic heterocycles. The van der Waals surface area contributed by atoms with Crippen LogP contribution in [0.4, 0.5) is 4.39 Å². The molecular weight excluding hydrogens is 315 g/mol. The average Bonchev–Trinajstić information content (AvgIpc) is 2.27. The van der Waals surface area contributed by atoms with Crippen molar-refractivity contribution >= 4 is 39.3 Å². The predicted molar refractivity (Wildman–Crippen MR) is 65.3 cm³/mol. The molecule has 0 N–H and O–H groups in total. The Balaban J connectivity index is 2.34. The minimum Gasteiger partial charge on any atom is -0.223 e. The zero-order valence-electron chi connectivity index (χ0n) is 7.82. The van der Waals surface area contributed by atoms with Gasteiger partial charge in [-0.1, -0.05) is 23.9 Å². The van der Waals surface area contributed by atoms with E-state index in [2.05, 4.69) is 25.9 Å². The number of hydrogen-bond donors (Lipinski definition) is 0. The zero-order valence-corrected chi connectivity index (χ0v) is 11.0. The number of hydrogen-bond acceptors (Lipinski definition) is 3. The molecule has 2 nitrogen and oxygen atoms in total. The van der Waals surface area contributed by atoms with Crippen molar-refractivity contribution in [2.45, 2.75) is 9.92 Å². The maximum absolute atomic E-state index is 13.4. The Bertz CT molecular complexity index is 524. The summed E-state index contributed by atoms with van der Waals surface area (Å²) in [7, 11) is 0. The first-order valence-corrected chi connectivity index (χ1v) is 6.26. The molecular formula is C10H5BrClFN2S. The van der Waals surface area contributed by atoms with Gasteiger partial charge in [-0.2, -0.15) is 0 Å². The molecule has 2 aromatic rings. The third-order valence-electron chi connectivity index (χ3n) is 1.73. The zero-order chi connectivity index (χ0) is 11.5. The van der Waals surface area contributed by atoms with Gasteiger partial charge in [-0.05, 0) is 39.7 Å². The van der Waals surface area contributed by atoms with Crippen molar-refractivity contribution in [1.29, 1.82) is 0 Å². The monoisotopic (exact) mass is 318 g/mol. The SMILES string of the molecule is Fc1cnc(Cl)nc1Sc1ccccc1Br. The van der Waals surface area contributed by atoms with Crippen LogP contribution in [0.15, 0.2) is 44.9 Å². The number of halogens is 3. The van der Waals surface area contributed by atoms with Crippen LogP contribution in [0.2, 0.25) is 5.28 Å². The Labute approximate surface area is 109 Å². The summed E-state index contributed by atoms with van der Waals surface area (Å²) in [4.78, 5) is 8.26. The molecule has 0 amide bonds.